The van der Waals surface area contributed by atoms with E-state index >= 15 is 0 Å². The van der Waals surface area contributed by atoms with Crippen molar-refractivity contribution >= 4 is 0 Å². The second-order valence-corrected chi connectivity index (χ2v) is 5.25. The van der Waals surface area contributed by atoms with Crippen molar-refractivity contribution < 1.29 is 0 Å². The van der Waals surface area contributed by atoms with Gasteiger partial charge in [0.2, 0.25) is 0 Å². The van der Waals surface area contributed by atoms with Gasteiger partial charge in [0.05, 0.1) is 0 Å². The second kappa shape index (κ2) is 7.96. The third-order valence-corrected chi connectivity index (χ3v) is 3.86. The van der Waals surface area contributed by atoms with E-state index in [9.17, 15) is 0 Å². The van der Waals surface area contributed by atoms with Crippen molar-refractivity contribution in [1.29, 1.82) is 0 Å². The van der Waals surface area contributed by atoms with Crippen LogP contribution in [0.3, 0.4) is 0 Å². The summed E-state index contributed by atoms with van der Waals surface area (Å²) >= 11 is 0. The molecule has 0 radical (unpaired) electrons. The van der Waals surface area contributed by atoms with E-state index in [1.807, 2.05) is 0 Å². The molecule has 90 valence electrons. The average molecular weight is 210 g/mol. The SMILES string of the molecule is CCCC(C)C(C)C(C)C=CC(C)CC. The topological polar surface area (TPSA) is 0 Å². The van der Waals surface area contributed by atoms with Crippen molar-refractivity contribution in [3.05, 3.63) is 12.2 Å². The molecule has 0 heteroatoms. The molecule has 0 saturated carbocycles. The van der Waals surface area contributed by atoms with E-state index in [0.717, 1.165) is 23.7 Å². The minimum atomic E-state index is 0.723. The van der Waals surface area contributed by atoms with Crippen LogP contribution in [0.15, 0.2) is 12.2 Å². The Labute approximate surface area is 97.2 Å². The second-order valence-electron chi connectivity index (χ2n) is 5.25. The molecule has 15 heavy (non-hydrogen) atoms. The molecule has 0 fully saturated rings. The van der Waals surface area contributed by atoms with Crippen molar-refractivity contribution in [2.24, 2.45) is 23.7 Å². The summed E-state index contributed by atoms with van der Waals surface area (Å²) in [5.41, 5.74) is 0. The lowest BCUT2D eigenvalue weighted by molar-refractivity contribution is 0.301. The average Bonchev–Trinajstić information content (AvgIpc) is 2.24. The summed E-state index contributed by atoms with van der Waals surface area (Å²) < 4.78 is 0. The Morgan fingerprint density at radius 2 is 1.53 bits per heavy atom. The van der Waals surface area contributed by atoms with Gasteiger partial charge >= 0.3 is 0 Å². The van der Waals surface area contributed by atoms with Crippen molar-refractivity contribution in [1.82, 2.24) is 0 Å². The molecule has 0 aromatic rings. The van der Waals surface area contributed by atoms with E-state index < -0.39 is 0 Å². The van der Waals surface area contributed by atoms with Crippen LogP contribution >= 0.6 is 0 Å². The highest BCUT2D eigenvalue weighted by atomic mass is 14.2. The summed E-state index contributed by atoms with van der Waals surface area (Å²) in [6.07, 6.45) is 8.74. The molecule has 0 aromatic carbocycles. The first-order valence-electron chi connectivity index (χ1n) is 6.71. The van der Waals surface area contributed by atoms with Gasteiger partial charge in [-0.15, -0.1) is 0 Å². The van der Waals surface area contributed by atoms with Crippen molar-refractivity contribution in [2.75, 3.05) is 0 Å². The van der Waals surface area contributed by atoms with Gasteiger partial charge in [-0.1, -0.05) is 73.0 Å². The van der Waals surface area contributed by atoms with Crippen molar-refractivity contribution in [3.63, 3.8) is 0 Å². The Hall–Kier alpha value is -0.260. The third-order valence-electron chi connectivity index (χ3n) is 3.86. The molecule has 0 spiro atoms. The lowest BCUT2D eigenvalue weighted by atomic mass is 9.82. The lowest BCUT2D eigenvalue weighted by Gasteiger charge is -2.24. The zero-order valence-electron chi connectivity index (χ0n) is 11.6. The molecule has 0 amide bonds. The van der Waals surface area contributed by atoms with Crippen LogP contribution in [0.25, 0.3) is 0 Å². The smallest absolute Gasteiger partial charge is 0.0234 e. The fourth-order valence-corrected chi connectivity index (χ4v) is 1.91. The van der Waals surface area contributed by atoms with Gasteiger partial charge in [0.1, 0.15) is 0 Å². The van der Waals surface area contributed by atoms with Gasteiger partial charge in [0.25, 0.3) is 0 Å². The Kier molecular flexibility index (Phi) is 7.82. The molecule has 0 saturated heterocycles. The molecule has 0 aromatic heterocycles. The van der Waals surface area contributed by atoms with Gasteiger partial charge in [-0.3, -0.25) is 0 Å². The number of allylic oxidation sites excluding steroid dienone is 2. The van der Waals surface area contributed by atoms with Crippen molar-refractivity contribution in [3.8, 4) is 0 Å². The zero-order chi connectivity index (χ0) is 11.8. The van der Waals surface area contributed by atoms with Gasteiger partial charge < -0.3 is 0 Å². The van der Waals surface area contributed by atoms with Gasteiger partial charge in [-0.25, -0.2) is 0 Å². The molecule has 0 N–H and O–H groups in total. The Morgan fingerprint density at radius 1 is 0.933 bits per heavy atom. The molecule has 0 aliphatic carbocycles. The minimum absolute atomic E-state index is 0.723. The summed E-state index contributed by atoms with van der Waals surface area (Å²) in [6.45, 7) is 14.0. The number of rotatable bonds is 7. The summed E-state index contributed by atoms with van der Waals surface area (Å²) in [5.74, 6) is 3.12. The van der Waals surface area contributed by atoms with Gasteiger partial charge in [0, 0.05) is 0 Å². The van der Waals surface area contributed by atoms with E-state index in [1.54, 1.807) is 0 Å². The molecule has 4 atom stereocenters. The zero-order valence-corrected chi connectivity index (χ0v) is 11.6. The first kappa shape index (κ1) is 14.7. The maximum atomic E-state index is 2.42. The van der Waals surface area contributed by atoms with Crippen molar-refractivity contribution in [2.45, 2.75) is 60.8 Å². The summed E-state index contributed by atoms with van der Waals surface area (Å²) in [7, 11) is 0. The molecule has 0 aliphatic rings. The Morgan fingerprint density at radius 3 is 2.00 bits per heavy atom. The van der Waals surface area contributed by atoms with E-state index in [2.05, 4.69) is 53.7 Å². The number of hydrogen-bond acceptors (Lipinski definition) is 0. The van der Waals surface area contributed by atoms with Crippen LogP contribution in [0.1, 0.15) is 60.8 Å². The predicted molar refractivity (Wildman–Crippen MR) is 71.0 cm³/mol. The highest BCUT2D eigenvalue weighted by Crippen LogP contribution is 2.25. The summed E-state index contributed by atoms with van der Waals surface area (Å²) in [6, 6.07) is 0. The van der Waals surface area contributed by atoms with Crippen LogP contribution in [0.2, 0.25) is 0 Å². The maximum Gasteiger partial charge on any atom is -0.0234 e. The van der Waals surface area contributed by atoms with Crippen LogP contribution in [0.5, 0.6) is 0 Å². The monoisotopic (exact) mass is 210 g/mol. The predicted octanol–water partition coefficient (Wildman–Crippen LogP) is 5.30. The normalized spacial score (nSPS) is 20.1. The van der Waals surface area contributed by atoms with Crippen LogP contribution < -0.4 is 0 Å². The molecule has 4 unspecified atom stereocenters. The Balaban J connectivity index is 4.07. The molecule has 0 heterocycles. The highest BCUT2D eigenvalue weighted by molar-refractivity contribution is 4.92. The van der Waals surface area contributed by atoms with Crippen LogP contribution in [-0.2, 0) is 0 Å². The first-order valence-corrected chi connectivity index (χ1v) is 6.71. The van der Waals surface area contributed by atoms with Crippen LogP contribution in [0, 0.1) is 23.7 Å². The van der Waals surface area contributed by atoms with Gasteiger partial charge in [-0.2, -0.15) is 0 Å². The largest absolute Gasteiger partial charge is 0.0854 e. The fraction of sp³-hybridized carbons (Fsp3) is 0.867. The molecule has 0 bridgehead atoms. The lowest BCUT2D eigenvalue weighted by Crippen LogP contribution is -2.15. The molecular weight excluding hydrogens is 180 g/mol. The van der Waals surface area contributed by atoms with E-state index in [-0.39, 0.29) is 0 Å². The third kappa shape index (κ3) is 6.02. The van der Waals surface area contributed by atoms with E-state index in [1.165, 1.54) is 19.3 Å². The molecule has 0 nitrogen and oxygen atoms in total. The number of hydrogen-bond donors (Lipinski definition) is 0. The van der Waals surface area contributed by atoms with E-state index in [4.69, 9.17) is 0 Å². The molecule has 0 aliphatic heterocycles. The minimum Gasteiger partial charge on any atom is -0.0854 e. The first-order chi connectivity index (χ1) is 7.02. The van der Waals surface area contributed by atoms with Gasteiger partial charge in [-0.05, 0) is 23.7 Å². The standard InChI is InChI=1S/C15H30/c1-7-9-13(4)15(6)14(5)11-10-12(3)8-2/h10-15H,7-9H2,1-6H3. The maximum absolute atomic E-state index is 2.42. The highest BCUT2D eigenvalue weighted by Gasteiger charge is 2.16. The van der Waals surface area contributed by atoms with Gasteiger partial charge in [0.15, 0.2) is 0 Å². The van der Waals surface area contributed by atoms with E-state index in [0.29, 0.717) is 0 Å². The fourth-order valence-electron chi connectivity index (χ4n) is 1.91. The quantitative estimate of drug-likeness (QED) is 0.500. The summed E-state index contributed by atoms with van der Waals surface area (Å²) in [5, 5.41) is 0. The molecular formula is C15H30. The Bertz CT molecular complexity index is 169. The summed E-state index contributed by atoms with van der Waals surface area (Å²) in [4.78, 5) is 0. The van der Waals surface area contributed by atoms with Crippen LogP contribution in [-0.4, -0.2) is 0 Å². The van der Waals surface area contributed by atoms with Crippen LogP contribution in [0.4, 0.5) is 0 Å². The molecule has 0 rings (SSSR count).